The molecule has 5 rings (SSSR count). The molecule has 2 aromatic heterocycles. The van der Waals surface area contributed by atoms with Gasteiger partial charge in [-0.05, 0) is 59.6 Å². The summed E-state index contributed by atoms with van der Waals surface area (Å²) in [4.78, 5) is 76.4. The molecule has 2 aliphatic heterocycles. The van der Waals surface area contributed by atoms with Crippen molar-refractivity contribution in [3.8, 4) is 5.75 Å². The highest BCUT2D eigenvalue weighted by Gasteiger charge is 2.54. The monoisotopic (exact) mass is 923 g/mol. The van der Waals surface area contributed by atoms with E-state index in [1.54, 1.807) is 65.0 Å². The molecule has 3 aromatic rings. The number of aliphatic hydroxyl groups excluding tert-OH is 2. The van der Waals surface area contributed by atoms with Crippen LogP contribution in [-0.4, -0.2) is 102 Å². The summed E-state index contributed by atoms with van der Waals surface area (Å²) < 4.78 is 49.6. The summed E-state index contributed by atoms with van der Waals surface area (Å²) in [6, 6.07) is 9.45. The third-order valence-corrected chi connectivity index (χ3v) is 12.6. The van der Waals surface area contributed by atoms with Crippen molar-refractivity contribution >= 4 is 19.8 Å². The first-order valence-corrected chi connectivity index (χ1v) is 22.4. The number of hydrogen-bond acceptors (Lipinski definition) is 16. The number of carbonyl (C=O) groups is 2. The highest BCUT2D eigenvalue weighted by atomic mass is 31.2. The van der Waals surface area contributed by atoms with Gasteiger partial charge in [-0.15, -0.1) is 0 Å². The maximum absolute atomic E-state index is 13.8. The number of nitrogens with zero attached hydrogens (tertiary/aromatic N) is 2. The zero-order chi connectivity index (χ0) is 47.8. The number of aliphatic hydroxyl groups is 2. The van der Waals surface area contributed by atoms with Gasteiger partial charge >= 0.3 is 31.2 Å². The maximum Gasteiger partial charge on any atom is 0.459 e. The van der Waals surface area contributed by atoms with E-state index in [0.29, 0.717) is 0 Å². The van der Waals surface area contributed by atoms with Crippen LogP contribution in [0.4, 0.5) is 4.79 Å². The van der Waals surface area contributed by atoms with Gasteiger partial charge in [0.1, 0.15) is 29.6 Å². The quantitative estimate of drug-likeness (QED) is 0.0798. The van der Waals surface area contributed by atoms with Crippen LogP contribution in [0.25, 0.3) is 0 Å². The van der Waals surface area contributed by atoms with Crippen molar-refractivity contribution in [2.24, 2.45) is 17.6 Å². The number of nitrogens with two attached hydrogens (primary N) is 1. The number of H-pyrrole nitrogens is 2. The summed E-state index contributed by atoms with van der Waals surface area (Å²) >= 11 is 0. The molecule has 1 aromatic carbocycles. The molecule has 8 N–H and O–H groups in total. The number of para-hydroxylation sites is 1. The lowest BCUT2D eigenvalue weighted by atomic mass is 9.84. The highest BCUT2D eigenvalue weighted by Crippen LogP contribution is 2.47. The average molecular weight is 924 g/mol. The molecule has 10 atom stereocenters. The van der Waals surface area contributed by atoms with Gasteiger partial charge in [0, 0.05) is 30.4 Å². The second-order valence-corrected chi connectivity index (χ2v) is 18.8. The van der Waals surface area contributed by atoms with E-state index in [-0.39, 0.29) is 30.8 Å². The summed E-state index contributed by atoms with van der Waals surface area (Å²) in [6.07, 6.45) is -1.66. The molecule has 2 fully saturated rings. The predicted octanol–water partition coefficient (Wildman–Crippen LogP) is 2.02. The fourth-order valence-corrected chi connectivity index (χ4v) is 8.47. The van der Waals surface area contributed by atoms with E-state index in [2.05, 4.69) is 20.4 Å². The maximum atomic E-state index is 13.8. The van der Waals surface area contributed by atoms with Crippen LogP contribution in [0.1, 0.15) is 87.6 Å². The molecule has 22 nitrogen and oxygen atoms in total. The summed E-state index contributed by atoms with van der Waals surface area (Å²) in [5.74, 6) is -0.542. The van der Waals surface area contributed by atoms with E-state index >= 15 is 0 Å². The van der Waals surface area contributed by atoms with Crippen molar-refractivity contribution in [1.29, 1.82) is 0 Å². The van der Waals surface area contributed by atoms with Crippen LogP contribution in [0.15, 0.2) is 74.0 Å². The summed E-state index contributed by atoms with van der Waals surface area (Å²) in [6.45, 7) is 15.1. The van der Waals surface area contributed by atoms with Crippen molar-refractivity contribution in [3.63, 3.8) is 0 Å². The third kappa shape index (κ3) is 12.9. The molecule has 0 aliphatic carbocycles. The molecule has 23 heteroatoms. The second kappa shape index (κ2) is 21.4. The van der Waals surface area contributed by atoms with Crippen LogP contribution in [0.2, 0.25) is 0 Å². The first-order valence-electron chi connectivity index (χ1n) is 20.8. The molecule has 64 heavy (non-hydrogen) atoms. The van der Waals surface area contributed by atoms with Crippen LogP contribution >= 0.6 is 7.75 Å². The number of nitrogens with one attached hydrogen (secondary N) is 4. The molecular formula is C41H62N7O15P. The van der Waals surface area contributed by atoms with Gasteiger partial charge in [0.05, 0.1) is 37.0 Å². The van der Waals surface area contributed by atoms with E-state index in [1.807, 2.05) is 13.8 Å². The fourth-order valence-electron chi connectivity index (χ4n) is 6.96. The number of ether oxygens (including phenoxy) is 4. The van der Waals surface area contributed by atoms with Gasteiger partial charge in [-0.3, -0.25) is 38.0 Å². The molecule has 356 valence electrons. The zero-order valence-corrected chi connectivity index (χ0v) is 38.4. The Labute approximate surface area is 369 Å². The number of amides is 1. The minimum atomic E-state index is -4.24. The van der Waals surface area contributed by atoms with Crippen molar-refractivity contribution in [1.82, 2.24) is 29.5 Å². The predicted molar refractivity (Wildman–Crippen MR) is 231 cm³/mol. The number of esters is 1. The van der Waals surface area contributed by atoms with Gasteiger partial charge in [-0.25, -0.2) is 18.9 Å². The Hall–Kier alpha value is -4.93. The molecule has 1 unspecified atom stereocenters. The van der Waals surface area contributed by atoms with E-state index < -0.39 is 102 Å². The average Bonchev–Trinajstić information content (AvgIpc) is 3.59. The van der Waals surface area contributed by atoms with E-state index in [4.69, 9.17) is 33.7 Å². The SMILES string of the molecule is CCC(CC)COC(=O)[C@H](C)NP(=O)(OC[C@H]1O[C@@H](n2ccc(=O)[nH]c2=O)[C@](C)(N)[C@@H]1O)Oc1ccccc1.C[C@@H]1[C@@H](CO)O[C@@H](n2ccc(=O)[nH]c2=O)[C@]1(C)NC(=O)OC(C)(C)C. The number of carbonyl (C=O) groups excluding carboxylic acids is 2. The lowest BCUT2D eigenvalue weighted by Gasteiger charge is -2.35. The Morgan fingerprint density at radius 1 is 0.938 bits per heavy atom. The van der Waals surface area contributed by atoms with Gasteiger partial charge < -0.3 is 44.7 Å². The molecular weight excluding hydrogens is 861 g/mol. The molecule has 1 amide bonds. The molecule has 0 bridgehead atoms. The van der Waals surface area contributed by atoms with Crippen molar-refractivity contribution in [3.05, 3.63) is 96.5 Å². The standard InChI is InChI=1S/C25H37N4O9P.C16H25N3O6/c1-5-17(6-2)14-35-22(32)16(3)28-39(34,38-18-10-8-7-9-11-18)36-15-19-21(31)25(4,26)23(37-19)29-13-12-20(30)27-24(29)33;1-9-10(8-20)24-12(19-7-6-11(21)17-13(19)22)16(9,5)18-14(23)25-15(2,3)4/h7-13,16-17,19,21,23,31H,5-6,14-15,26H2,1-4H3,(H,28,34)(H,27,30,33);6-7,9-10,12,20H,8H2,1-5H3,(H,18,23)(H,17,21,22)/t16-,19+,21+,23+,25+,39?;9-,10-,12-,16-/m01/s1. The minimum Gasteiger partial charge on any atom is -0.464 e. The summed E-state index contributed by atoms with van der Waals surface area (Å²) in [5.41, 5.74) is 0.493. The highest BCUT2D eigenvalue weighted by molar-refractivity contribution is 7.52. The topological polar surface area (TPSA) is 307 Å². The number of rotatable bonds is 16. The van der Waals surface area contributed by atoms with Crippen molar-refractivity contribution in [2.75, 3.05) is 19.8 Å². The lowest BCUT2D eigenvalue weighted by Crippen LogP contribution is -2.56. The van der Waals surface area contributed by atoms with E-state index in [0.717, 1.165) is 23.5 Å². The van der Waals surface area contributed by atoms with Crippen molar-refractivity contribution in [2.45, 2.75) is 129 Å². The second-order valence-electron chi connectivity index (χ2n) is 17.1. The molecule has 4 heterocycles. The Morgan fingerprint density at radius 3 is 2.00 bits per heavy atom. The molecule has 0 radical (unpaired) electrons. The zero-order valence-electron chi connectivity index (χ0n) is 37.5. The van der Waals surface area contributed by atoms with Crippen LogP contribution in [0.5, 0.6) is 5.75 Å². The number of hydrogen-bond donors (Lipinski definition) is 7. The van der Waals surface area contributed by atoms with E-state index in [1.165, 1.54) is 36.9 Å². The Bertz CT molecular complexity index is 2320. The molecule has 0 saturated carbocycles. The Balaban J connectivity index is 0.000000309. The summed E-state index contributed by atoms with van der Waals surface area (Å²) in [5, 5.41) is 25.8. The van der Waals surface area contributed by atoms with Gasteiger partial charge in [0.15, 0.2) is 12.5 Å². The van der Waals surface area contributed by atoms with Crippen molar-refractivity contribution < 1.29 is 52.4 Å². The largest absolute Gasteiger partial charge is 0.464 e. The fraction of sp³-hybridized carbons (Fsp3) is 0.610. The normalized spacial score (nSPS) is 26.9. The molecule has 0 spiro atoms. The van der Waals surface area contributed by atoms with Crippen LogP contribution < -0.4 is 43.2 Å². The lowest BCUT2D eigenvalue weighted by molar-refractivity contribution is -0.146. The van der Waals surface area contributed by atoms with Gasteiger partial charge in [-0.1, -0.05) is 51.8 Å². The smallest absolute Gasteiger partial charge is 0.459 e. The number of aromatic amines is 2. The number of aromatic nitrogens is 4. The van der Waals surface area contributed by atoms with E-state index in [9.17, 15) is 43.5 Å². The molecule has 2 aliphatic rings. The van der Waals surface area contributed by atoms with Crippen LogP contribution in [0.3, 0.4) is 0 Å². The first kappa shape index (κ1) is 51.7. The Morgan fingerprint density at radius 2 is 1.48 bits per heavy atom. The first-order chi connectivity index (χ1) is 29.9. The van der Waals surface area contributed by atoms with Gasteiger partial charge in [0.2, 0.25) is 0 Å². The van der Waals surface area contributed by atoms with Crippen LogP contribution in [0, 0.1) is 11.8 Å². The number of alkyl carbamates (subject to hydrolysis) is 1. The van der Waals surface area contributed by atoms with Gasteiger partial charge in [0.25, 0.3) is 11.1 Å². The number of benzene rings is 1. The summed E-state index contributed by atoms with van der Waals surface area (Å²) in [7, 11) is -4.24. The third-order valence-electron chi connectivity index (χ3n) is 11.0. The Kier molecular flexibility index (Phi) is 17.3. The van der Waals surface area contributed by atoms with Crippen LogP contribution in [-0.2, 0) is 32.8 Å². The molecule has 2 saturated heterocycles. The van der Waals surface area contributed by atoms with Gasteiger partial charge in [-0.2, -0.15) is 5.09 Å². The minimum absolute atomic E-state index is 0.208.